The number of fused-ring (bicyclic) bond motifs is 1. The highest BCUT2D eigenvalue weighted by Gasteiger charge is 2.51. The lowest BCUT2D eigenvalue weighted by Gasteiger charge is -2.43. The summed E-state index contributed by atoms with van der Waals surface area (Å²) in [5.74, 6) is -0.149. The van der Waals surface area contributed by atoms with Crippen LogP contribution in [0.25, 0.3) is 0 Å². The van der Waals surface area contributed by atoms with Crippen molar-refractivity contribution in [3.63, 3.8) is 0 Å². The molecule has 0 spiro atoms. The molecule has 2 heterocycles. The summed E-state index contributed by atoms with van der Waals surface area (Å²) in [6.45, 7) is 7.83. The fourth-order valence-electron chi connectivity index (χ4n) is 8.61. The Hall–Kier alpha value is -3.48. The van der Waals surface area contributed by atoms with Crippen LogP contribution in [0.2, 0.25) is 5.04 Å². The minimum Gasteiger partial charge on any atom is -0.407 e. The van der Waals surface area contributed by atoms with Crippen LogP contribution in [-0.4, -0.2) is 75.9 Å². The molecule has 0 unspecified atom stereocenters. The topological polar surface area (TPSA) is 102 Å². The van der Waals surface area contributed by atoms with Crippen LogP contribution in [0.15, 0.2) is 126 Å². The van der Waals surface area contributed by atoms with Crippen molar-refractivity contribution in [2.45, 2.75) is 107 Å². The van der Waals surface area contributed by atoms with Crippen molar-refractivity contribution in [1.82, 2.24) is 5.06 Å². The van der Waals surface area contributed by atoms with E-state index in [0.717, 1.165) is 18.4 Å². The first-order chi connectivity index (χ1) is 26.5. The number of rotatable bonds is 18. The third-order valence-corrected chi connectivity index (χ3v) is 18.2. The number of sulfone groups is 1. The van der Waals surface area contributed by atoms with Crippen molar-refractivity contribution in [3.8, 4) is 0 Å². The smallest absolute Gasteiger partial charge is 0.261 e. The van der Waals surface area contributed by atoms with Crippen molar-refractivity contribution in [2.75, 3.05) is 19.0 Å². The van der Waals surface area contributed by atoms with E-state index in [1.54, 1.807) is 30.3 Å². The fraction of sp³-hybridized carbons (Fsp3) is 0.444. The van der Waals surface area contributed by atoms with E-state index >= 15 is 0 Å². The van der Waals surface area contributed by atoms with Crippen LogP contribution in [0.1, 0.15) is 71.3 Å². The molecule has 0 aromatic heterocycles. The lowest BCUT2D eigenvalue weighted by Crippen LogP contribution is -2.66. The maximum absolute atomic E-state index is 14.0. The number of aliphatic hydroxyl groups excluding tert-OH is 1. The van der Waals surface area contributed by atoms with E-state index in [9.17, 15) is 18.3 Å². The maximum atomic E-state index is 14.0. The van der Waals surface area contributed by atoms with Gasteiger partial charge in [0.1, 0.15) is 6.10 Å². The summed E-state index contributed by atoms with van der Waals surface area (Å²) in [4.78, 5) is 20.8. The Morgan fingerprint density at radius 1 is 0.855 bits per heavy atom. The molecule has 1 N–H and O–H groups in total. The lowest BCUT2D eigenvalue weighted by molar-refractivity contribution is -0.222. The van der Waals surface area contributed by atoms with Gasteiger partial charge in [0.05, 0.1) is 23.4 Å². The average molecular weight is 784 g/mol. The Labute approximate surface area is 328 Å². The molecular formula is C45H57NO7SSi. The fourth-order valence-corrected chi connectivity index (χ4v) is 14.5. The molecular weight excluding hydrogens is 727 g/mol. The molecule has 0 amide bonds. The number of Topliss-reactive ketones (excluding diaryl/α,β-unsaturated/α-hetero) is 1. The van der Waals surface area contributed by atoms with E-state index in [4.69, 9.17) is 14.0 Å². The number of piperidine rings is 1. The van der Waals surface area contributed by atoms with Crippen LogP contribution >= 0.6 is 0 Å². The molecule has 2 aliphatic rings. The first-order valence-electron chi connectivity index (χ1n) is 19.8. The van der Waals surface area contributed by atoms with E-state index < -0.39 is 30.4 Å². The number of ether oxygens (including phenoxy) is 1. The Morgan fingerprint density at radius 3 is 2.04 bits per heavy atom. The lowest BCUT2D eigenvalue weighted by atomic mass is 9.79. The van der Waals surface area contributed by atoms with Crippen LogP contribution in [0.5, 0.6) is 0 Å². The van der Waals surface area contributed by atoms with Crippen molar-refractivity contribution in [3.05, 3.63) is 127 Å². The molecule has 6 rings (SSSR count). The number of hydroxylamine groups is 2. The van der Waals surface area contributed by atoms with Gasteiger partial charge >= 0.3 is 0 Å². The third kappa shape index (κ3) is 9.91. The Kier molecular flexibility index (Phi) is 13.9. The molecule has 2 aliphatic heterocycles. The second-order valence-corrected chi connectivity index (χ2v) is 22.5. The summed E-state index contributed by atoms with van der Waals surface area (Å²) in [6.07, 6.45) is 2.45. The number of hydrogen-bond acceptors (Lipinski definition) is 8. The van der Waals surface area contributed by atoms with E-state index in [1.165, 1.54) is 10.4 Å². The number of ketones is 1. The number of hydrogen-bond donors (Lipinski definition) is 1. The average Bonchev–Trinajstić information content (AvgIpc) is 3.64. The molecule has 55 heavy (non-hydrogen) atoms. The summed E-state index contributed by atoms with van der Waals surface area (Å²) in [7, 11) is -6.27. The number of aliphatic hydroxyl groups is 1. The zero-order valence-corrected chi connectivity index (χ0v) is 34.3. The quantitative estimate of drug-likeness (QED) is 0.0860. The van der Waals surface area contributed by atoms with E-state index in [2.05, 4.69) is 69.3 Å². The molecule has 0 bridgehead atoms. The highest BCUT2D eigenvalue weighted by Crippen LogP contribution is 2.41. The van der Waals surface area contributed by atoms with Crippen LogP contribution in [0.3, 0.4) is 0 Å². The van der Waals surface area contributed by atoms with Crippen LogP contribution in [-0.2, 0) is 35.2 Å². The summed E-state index contributed by atoms with van der Waals surface area (Å²) in [5, 5.41) is 15.6. The first kappa shape index (κ1) is 41.2. The minimum absolute atomic E-state index is 0.00301. The van der Waals surface area contributed by atoms with Crippen LogP contribution in [0, 0.1) is 5.92 Å². The molecule has 8 nitrogen and oxygen atoms in total. The second-order valence-electron chi connectivity index (χ2n) is 16.0. The predicted molar refractivity (Wildman–Crippen MR) is 219 cm³/mol. The van der Waals surface area contributed by atoms with Gasteiger partial charge in [-0.1, -0.05) is 130 Å². The van der Waals surface area contributed by atoms with Gasteiger partial charge < -0.3 is 14.3 Å². The summed E-state index contributed by atoms with van der Waals surface area (Å²) in [6, 6.07) is 39.1. The van der Waals surface area contributed by atoms with Gasteiger partial charge in [-0.3, -0.25) is 9.63 Å². The van der Waals surface area contributed by atoms with Gasteiger partial charge in [-0.15, -0.1) is 0 Å². The Morgan fingerprint density at radius 2 is 1.44 bits per heavy atom. The zero-order chi connectivity index (χ0) is 38.9. The SMILES string of the molecule is CC(C)(C)[Si](OCCC(=O)[C@H]1C[C@@H]2CC[C@@H]([C@@H](O)CCOCc3ccccc3)[C@@H](CCCS(=O)(=O)c3ccccc3)N2O1)(c1ccccc1)c1ccccc1. The molecule has 294 valence electrons. The molecule has 0 saturated carbocycles. The largest absolute Gasteiger partial charge is 0.407 e. The van der Waals surface area contributed by atoms with Crippen LogP contribution < -0.4 is 10.4 Å². The highest BCUT2D eigenvalue weighted by atomic mass is 32.2. The molecule has 10 heteroatoms. The monoisotopic (exact) mass is 783 g/mol. The van der Waals surface area contributed by atoms with Gasteiger partial charge in [0.15, 0.2) is 15.6 Å². The second kappa shape index (κ2) is 18.6. The molecule has 2 saturated heterocycles. The first-order valence-corrected chi connectivity index (χ1v) is 23.4. The van der Waals surface area contributed by atoms with Gasteiger partial charge in [0, 0.05) is 44.1 Å². The number of carbonyl (C=O) groups excluding carboxylic acids is 1. The van der Waals surface area contributed by atoms with E-state index in [-0.39, 0.29) is 47.6 Å². The predicted octanol–water partition coefficient (Wildman–Crippen LogP) is 6.90. The van der Waals surface area contributed by atoms with E-state index in [0.29, 0.717) is 43.8 Å². The molecule has 4 aromatic carbocycles. The van der Waals surface area contributed by atoms with Crippen molar-refractivity contribution in [2.24, 2.45) is 5.92 Å². The third-order valence-electron chi connectivity index (χ3n) is 11.4. The number of nitrogens with zero attached hydrogens (tertiary/aromatic N) is 1. The number of benzene rings is 4. The summed E-state index contributed by atoms with van der Waals surface area (Å²) in [5.41, 5.74) is 1.08. The van der Waals surface area contributed by atoms with Gasteiger partial charge in [-0.2, -0.15) is 5.06 Å². The normalized spacial score (nSPS) is 21.2. The molecule has 0 aliphatic carbocycles. The van der Waals surface area contributed by atoms with Crippen molar-refractivity contribution in [1.29, 1.82) is 0 Å². The van der Waals surface area contributed by atoms with Crippen LogP contribution in [0.4, 0.5) is 0 Å². The molecule has 5 atom stereocenters. The summed E-state index contributed by atoms with van der Waals surface area (Å²) >= 11 is 0. The summed E-state index contributed by atoms with van der Waals surface area (Å²) < 4.78 is 39.4. The molecule has 4 aromatic rings. The zero-order valence-electron chi connectivity index (χ0n) is 32.5. The molecule has 2 fully saturated rings. The Balaban J connectivity index is 1.13. The van der Waals surface area contributed by atoms with Crippen molar-refractivity contribution < 1.29 is 32.3 Å². The standard InChI is InChI=1S/C45H57NO7SSi/c1-45(2,3)55(38-21-12-6-13-22-38,39-23-14-7-15-24-39)52-31-29-43(48)44-33-36-26-27-40(42(47)28-30-51-34-35-17-8-4-9-18-35)41(46(36)53-44)25-16-32-54(49,50)37-19-10-5-11-20-37/h4-15,17-24,36,40-42,44,47H,16,25-34H2,1-3H3/t36-,40+,41+,42-,44+/m0/s1. The number of carbonyl (C=O) groups is 1. The Bertz CT molecular complexity index is 1850. The van der Waals surface area contributed by atoms with Gasteiger partial charge in [-0.25, -0.2) is 8.42 Å². The van der Waals surface area contributed by atoms with Gasteiger partial charge in [0.2, 0.25) is 0 Å². The van der Waals surface area contributed by atoms with Gasteiger partial charge in [-0.05, 0) is 65.2 Å². The maximum Gasteiger partial charge on any atom is 0.261 e. The molecule has 0 radical (unpaired) electrons. The van der Waals surface area contributed by atoms with Gasteiger partial charge in [0.25, 0.3) is 8.32 Å². The van der Waals surface area contributed by atoms with E-state index in [1.807, 2.05) is 47.5 Å². The minimum atomic E-state index is -3.47. The van der Waals surface area contributed by atoms with Crippen molar-refractivity contribution >= 4 is 34.3 Å². The highest BCUT2D eigenvalue weighted by molar-refractivity contribution is 7.91.